The van der Waals surface area contributed by atoms with Crippen LogP contribution >= 0.6 is 0 Å². The van der Waals surface area contributed by atoms with Crippen LogP contribution in [-0.2, 0) is 11.4 Å². The van der Waals surface area contributed by atoms with E-state index in [0.29, 0.717) is 0 Å². The summed E-state index contributed by atoms with van der Waals surface area (Å²) in [4.78, 5) is 5.93. The van der Waals surface area contributed by atoms with Crippen LogP contribution in [-0.4, -0.2) is 18.7 Å². The molecule has 0 saturated heterocycles. The minimum Gasteiger partial charge on any atom is -0.740 e. The molecule has 0 aromatic carbocycles. The number of rotatable bonds is 2. The Morgan fingerprint density at radius 2 is 2.67 bits per heavy atom. The largest absolute Gasteiger partial charge is 0.740 e. The number of H-pyrrole nitrogens is 1. The molecule has 0 spiro atoms. The van der Waals surface area contributed by atoms with Gasteiger partial charge in [0.05, 0.1) is 0 Å². The highest BCUT2D eigenvalue weighted by Crippen LogP contribution is 1.98. The Hall–Kier alpha value is -0.880. The summed E-state index contributed by atoms with van der Waals surface area (Å²) in [6.07, 6.45) is 2.85. The van der Waals surface area contributed by atoms with Gasteiger partial charge in [-0.2, -0.15) is 0 Å². The summed E-state index contributed by atoms with van der Waals surface area (Å²) in [6.45, 7) is 0. The number of hydrogen-bond donors (Lipinski definition) is 1. The molecule has 0 aliphatic carbocycles. The molecule has 0 radical (unpaired) electrons. The molecule has 0 bridgehead atoms. The van der Waals surface area contributed by atoms with E-state index < -0.39 is 11.4 Å². The van der Waals surface area contributed by atoms with Gasteiger partial charge in [0.25, 0.3) is 0 Å². The molecule has 1 atom stereocenters. The van der Waals surface area contributed by atoms with Crippen molar-refractivity contribution in [1.29, 1.82) is 0 Å². The van der Waals surface area contributed by atoms with Crippen molar-refractivity contribution < 1.29 is 12.9 Å². The third-order valence-electron chi connectivity index (χ3n) is 0.620. The molecule has 6 heteroatoms. The minimum atomic E-state index is -2.54. The highest BCUT2D eigenvalue weighted by atomic mass is 32.2. The summed E-state index contributed by atoms with van der Waals surface area (Å²) in [5.74, 6) is 0. The first-order chi connectivity index (χ1) is 4.29. The van der Waals surface area contributed by atoms with Crippen molar-refractivity contribution in [2.24, 2.45) is 0 Å². The van der Waals surface area contributed by atoms with Gasteiger partial charge in [0.1, 0.15) is 11.4 Å². The van der Waals surface area contributed by atoms with Gasteiger partial charge in [-0.15, -0.1) is 0 Å². The Labute approximate surface area is 53.6 Å². The Bertz CT molecular complexity index is 197. The molecule has 1 aromatic heterocycles. The lowest BCUT2D eigenvalue weighted by atomic mass is 11.0. The normalized spacial score (nSPS) is 13.0. The Morgan fingerprint density at radius 3 is 3.11 bits per heavy atom. The minimum absolute atomic E-state index is 0.0247. The summed E-state index contributed by atoms with van der Waals surface area (Å²) >= 11 is -2.54. The molecule has 50 valence electrons. The van der Waals surface area contributed by atoms with E-state index in [1.54, 1.807) is 0 Å². The molecule has 1 rings (SSSR count). The maximum atomic E-state index is 9.78. The lowest BCUT2D eigenvalue weighted by Crippen LogP contribution is -1.98. The van der Waals surface area contributed by atoms with Gasteiger partial charge in [-0.1, -0.05) is 0 Å². The standard InChI is InChI=1S/C3H4N2O3S/c6-9(7)8-3-4-1-2-5-3/h1-2H,(H,4,5)(H,6,7)/p-1. The summed E-state index contributed by atoms with van der Waals surface area (Å²) in [5.41, 5.74) is 0. The average molecular weight is 147 g/mol. The van der Waals surface area contributed by atoms with Gasteiger partial charge in [0, 0.05) is 12.4 Å². The zero-order valence-corrected chi connectivity index (χ0v) is 5.05. The molecule has 1 aromatic rings. The first-order valence-electron chi connectivity index (χ1n) is 2.06. The van der Waals surface area contributed by atoms with E-state index in [2.05, 4.69) is 14.2 Å². The van der Waals surface area contributed by atoms with Crippen LogP contribution in [0.1, 0.15) is 0 Å². The second-order valence-corrected chi connectivity index (χ2v) is 1.76. The Morgan fingerprint density at radius 1 is 1.89 bits per heavy atom. The van der Waals surface area contributed by atoms with E-state index >= 15 is 0 Å². The van der Waals surface area contributed by atoms with Crippen molar-refractivity contribution >= 4 is 11.4 Å². The molecule has 5 nitrogen and oxygen atoms in total. The molecular formula is C3H3N2O3S-. The van der Waals surface area contributed by atoms with Crippen molar-refractivity contribution in [2.45, 2.75) is 0 Å². The van der Waals surface area contributed by atoms with Gasteiger partial charge >= 0.3 is 6.01 Å². The van der Waals surface area contributed by atoms with Gasteiger partial charge in [-0.3, -0.25) is 0 Å². The van der Waals surface area contributed by atoms with E-state index in [-0.39, 0.29) is 6.01 Å². The lowest BCUT2D eigenvalue weighted by Gasteiger charge is -2.00. The molecule has 0 aliphatic rings. The van der Waals surface area contributed by atoms with E-state index in [4.69, 9.17) is 0 Å². The molecule has 0 aliphatic heterocycles. The van der Waals surface area contributed by atoms with Gasteiger partial charge < -0.3 is 13.7 Å². The summed E-state index contributed by atoms with van der Waals surface area (Å²) in [5, 5.41) is 0. The number of nitrogens with zero attached hydrogens (tertiary/aromatic N) is 1. The van der Waals surface area contributed by atoms with Crippen LogP contribution in [0, 0.1) is 0 Å². The zero-order valence-electron chi connectivity index (χ0n) is 4.23. The maximum absolute atomic E-state index is 9.78. The van der Waals surface area contributed by atoms with Crippen LogP contribution in [0.2, 0.25) is 0 Å². The third kappa shape index (κ3) is 1.82. The van der Waals surface area contributed by atoms with Crippen LogP contribution in [0.5, 0.6) is 6.01 Å². The van der Waals surface area contributed by atoms with Crippen molar-refractivity contribution in [1.82, 2.24) is 9.97 Å². The first kappa shape index (κ1) is 6.24. The fourth-order valence-corrected chi connectivity index (χ4v) is 0.581. The molecule has 9 heavy (non-hydrogen) atoms. The Kier molecular flexibility index (Phi) is 1.81. The van der Waals surface area contributed by atoms with Crippen molar-refractivity contribution in [3.63, 3.8) is 0 Å². The van der Waals surface area contributed by atoms with Crippen LogP contribution < -0.4 is 4.18 Å². The van der Waals surface area contributed by atoms with Crippen LogP contribution in [0.4, 0.5) is 0 Å². The predicted octanol–water partition coefficient (Wildman–Crippen LogP) is -0.417. The highest BCUT2D eigenvalue weighted by Gasteiger charge is 1.90. The van der Waals surface area contributed by atoms with Crippen LogP contribution in [0.25, 0.3) is 0 Å². The number of imidazole rings is 1. The fourth-order valence-electron chi connectivity index (χ4n) is 0.361. The van der Waals surface area contributed by atoms with Gasteiger partial charge in [-0.05, 0) is 0 Å². The SMILES string of the molecule is O=S([O-])Oc1ncc[nH]1. The number of hydrogen-bond acceptors (Lipinski definition) is 4. The molecule has 0 fully saturated rings. The molecule has 0 amide bonds. The van der Waals surface area contributed by atoms with E-state index in [0.717, 1.165) is 0 Å². The van der Waals surface area contributed by atoms with Gasteiger partial charge in [0.2, 0.25) is 0 Å². The molecule has 1 unspecified atom stereocenters. The van der Waals surface area contributed by atoms with Crippen LogP contribution in [0.15, 0.2) is 12.4 Å². The number of aromatic amines is 1. The topological polar surface area (TPSA) is 78.0 Å². The zero-order chi connectivity index (χ0) is 6.69. The first-order valence-corrected chi connectivity index (χ1v) is 3.06. The van der Waals surface area contributed by atoms with E-state index in [9.17, 15) is 8.76 Å². The highest BCUT2D eigenvalue weighted by molar-refractivity contribution is 7.74. The Balaban J connectivity index is 2.58. The second-order valence-electron chi connectivity index (χ2n) is 1.18. The lowest BCUT2D eigenvalue weighted by molar-refractivity contribution is 0.426. The maximum Gasteiger partial charge on any atom is 0.307 e. The quantitative estimate of drug-likeness (QED) is 0.576. The molecular weight excluding hydrogens is 144 g/mol. The van der Waals surface area contributed by atoms with Crippen molar-refractivity contribution in [3.8, 4) is 6.01 Å². The summed E-state index contributed by atoms with van der Waals surface area (Å²) < 4.78 is 23.7. The predicted molar refractivity (Wildman–Crippen MR) is 28.1 cm³/mol. The third-order valence-corrected chi connectivity index (χ3v) is 0.914. The number of aromatic nitrogens is 2. The smallest absolute Gasteiger partial charge is 0.307 e. The van der Waals surface area contributed by atoms with E-state index in [1.807, 2.05) is 0 Å². The van der Waals surface area contributed by atoms with E-state index in [1.165, 1.54) is 12.4 Å². The molecule has 0 saturated carbocycles. The fraction of sp³-hybridized carbons (Fsp3) is 0. The van der Waals surface area contributed by atoms with Crippen molar-refractivity contribution in [2.75, 3.05) is 0 Å². The summed E-state index contributed by atoms with van der Waals surface area (Å²) in [7, 11) is 0. The van der Waals surface area contributed by atoms with Crippen LogP contribution in [0.3, 0.4) is 0 Å². The van der Waals surface area contributed by atoms with Gasteiger partial charge in [0.15, 0.2) is 0 Å². The van der Waals surface area contributed by atoms with Crippen molar-refractivity contribution in [3.05, 3.63) is 12.4 Å². The monoisotopic (exact) mass is 147 g/mol. The molecule has 1 N–H and O–H groups in total. The number of nitrogens with one attached hydrogen (secondary N) is 1. The van der Waals surface area contributed by atoms with Gasteiger partial charge in [-0.25, -0.2) is 9.19 Å². The summed E-state index contributed by atoms with van der Waals surface area (Å²) in [6, 6.07) is -0.0247. The second kappa shape index (κ2) is 2.60. The molecule has 1 heterocycles. The average Bonchev–Trinajstić information content (AvgIpc) is 2.15.